The molecule has 0 radical (unpaired) electrons. The number of likely N-dealkylation sites (N-methyl/N-ethyl adjacent to an activating group) is 2. The van der Waals surface area contributed by atoms with Crippen LogP contribution in [0, 0.1) is 0 Å². The quantitative estimate of drug-likeness (QED) is 0.637. The number of hydrogen-bond donors (Lipinski definition) is 3. The number of anilines is 2. The summed E-state index contributed by atoms with van der Waals surface area (Å²) >= 11 is 0. The Hall–Kier alpha value is -2.54. The number of aromatic nitrogens is 1. The monoisotopic (exact) mass is 392 g/mol. The first kappa shape index (κ1) is 18.5. The van der Waals surface area contributed by atoms with Crippen LogP contribution in [0.2, 0.25) is 0 Å². The van der Waals surface area contributed by atoms with Crippen molar-refractivity contribution in [3.8, 4) is 5.75 Å². The number of benzene rings is 2. The Labute approximate surface area is 171 Å². The number of nitrogens with zero attached hydrogens (tertiary/aromatic N) is 3. The van der Waals surface area contributed by atoms with Crippen molar-refractivity contribution in [1.82, 2.24) is 14.8 Å². The number of aliphatic hydroxyl groups is 1. The molecule has 5 rings (SSSR count). The number of likely N-dealkylation sites (tertiary alicyclic amines) is 1. The summed E-state index contributed by atoms with van der Waals surface area (Å²) in [5.74, 6) is 0.238. The number of rotatable bonds is 4. The summed E-state index contributed by atoms with van der Waals surface area (Å²) in [4.78, 5) is 9.87. The van der Waals surface area contributed by atoms with E-state index in [9.17, 15) is 10.2 Å². The molecule has 0 aliphatic carbocycles. The van der Waals surface area contributed by atoms with Crippen molar-refractivity contribution in [3.05, 3.63) is 53.7 Å². The van der Waals surface area contributed by atoms with Crippen molar-refractivity contribution in [3.63, 3.8) is 0 Å². The maximum Gasteiger partial charge on any atom is 0.140 e. The van der Waals surface area contributed by atoms with Crippen LogP contribution in [0.15, 0.2) is 42.6 Å². The molecule has 29 heavy (non-hydrogen) atoms. The third-order valence-electron chi connectivity index (χ3n) is 6.51. The Morgan fingerprint density at radius 3 is 2.79 bits per heavy atom. The van der Waals surface area contributed by atoms with Crippen molar-refractivity contribution in [2.24, 2.45) is 0 Å². The van der Waals surface area contributed by atoms with E-state index >= 15 is 0 Å². The Kier molecular flexibility index (Phi) is 4.13. The molecule has 1 aromatic heterocycles. The van der Waals surface area contributed by atoms with Crippen LogP contribution in [-0.4, -0.2) is 65.4 Å². The van der Waals surface area contributed by atoms with Gasteiger partial charge in [0.05, 0.1) is 5.69 Å². The van der Waals surface area contributed by atoms with E-state index in [4.69, 9.17) is 0 Å². The summed E-state index contributed by atoms with van der Waals surface area (Å²) < 4.78 is 0. The first-order chi connectivity index (χ1) is 13.9. The predicted octanol–water partition coefficient (Wildman–Crippen LogP) is 2.98. The van der Waals surface area contributed by atoms with Crippen LogP contribution in [0.1, 0.15) is 17.5 Å². The lowest BCUT2D eigenvalue weighted by Gasteiger charge is -2.35. The Balaban J connectivity index is 1.75. The fourth-order valence-corrected chi connectivity index (χ4v) is 5.12. The molecule has 0 amide bonds. The van der Waals surface area contributed by atoms with Crippen molar-refractivity contribution in [2.75, 3.05) is 39.1 Å². The Morgan fingerprint density at radius 1 is 1.21 bits per heavy atom. The van der Waals surface area contributed by atoms with Gasteiger partial charge in [0.1, 0.15) is 17.5 Å². The molecule has 2 aliphatic rings. The highest BCUT2D eigenvalue weighted by Gasteiger charge is 2.56. The van der Waals surface area contributed by atoms with E-state index in [2.05, 4.69) is 33.8 Å². The maximum absolute atomic E-state index is 11.7. The van der Waals surface area contributed by atoms with Gasteiger partial charge in [-0.25, -0.2) is 0 Å². The van der Waals surface area contributed by atoms with Gasteiger partial charge in [-0.05, 0) is 57.7 Å². The van der Waals surface area contributed by atoms with E-state index in [-0.39, 0.29) is 11.9 Å². The highest BCUT2D eigenvalue weighted by Crippen LogP contribution is 2.55. The lowest BCUT2D eigenvalue weighted by molar-refractivity contribution is 0.0178. The molecule has 152 valence electrons. The second-order valence-corrected chi connectivity index (χ2v) is 8.64. The minimum Gasteiger partial charge on any atom is -0.506 e. The first-order valence-corrected chi connectivity index (χ1v) is 10.2. The van der Waals surface area contributed by atoms with Gasteiger partial charge in [0.15, 0.2) is 0 Å². The summed E-state index contributed by atoms with van der Waals surface area (Å²) in [5, 5.41) is 23.7. The van der Waals surface area contributed by atoms with Crippen molar-refractivity contribution in [2.45, 2.75) is 24.6 Å². The highest BCUT2D eigenvalue weighted by atomic mass is 16.3. The summed E-state index contributed by atoms with van der Waals surface area (Å²) in [6.07, 6.45) is 3.36. The Morgan fingerprint density at radius 2 is 2.00 bits per heavy atom. The van der Waals surface area contributed by atoms with Gasteiger partial charge >= 0.3 is 0 Å². The zero-order valence-electron chi connectivity index (χ0n) is 17.2. The third kappa shape index (κ3) is 2.60. The SMILES string of the molecule is CN(C)CCc1c[nH]c2ccc(O)c(N3c4ccccc4[C@@]4(O)CCN(C)[C@@H]34)c12. The molecule has 3 N–H and O–H groups in total. The number of aromatic hydroxyl groups is 1. The van der Waals surface area contributed by atoms with Gasteiger partial charge in [-0.2, -0.15) is 0 Å². The van der Waals surface area contributed by atoms with Crippen LogP contribution >= 0.6 is 0 Å². The zero-order valence-corrected chi connectivity index (χ0v) is 17.2. The van der Waals surface area contributed by atoms with Gasteiger partial charge in [-0.3, -0.25) is 4.90 Å². The molecular weight excluding hydrogens is 364 g/mol. The van der Waals surface area contributed by atoms with Gasteiger partial charge in [0, 0.05) is 41.4 Å². The van der Waals surface area contributed by atoms with Gasteiger partial charge < -0.3 is 25.0 Å². The standard InChI is InChI=1S/C23H28N4O2/c1-25(2)12-10-15-14-24-17-8-9-19(28)21(20(15)17)27-18-7-5-4-6-16(18)23(29)11-13-26(3)22(23)27/h4-9,14,22,24,28-29H,10-13H2,1-3H3/t22-,23-/m0/s1. The van der Waals surface area contributed by atoms with Crippen molar-refractivity contribution in [1.29, 1.82) is 0 Å². The molecular formula is C23H28N4O2. The Bertz CT molecular complexity index is 1080. The lowest BCUT2D eigenvalue weighted by Crippen LogP contribution is -2.46. The van der Waals surface area contributed by atoms with Gasteiger partial charge in [0.2, 0.25) is 0 Å². The molecule has 0 bridgehead atoms. The number of para-hydroxylation sites is 1. The molecule has 3 heterocycles. The van der Waals surface area contributed by atoms with Crippen molar-refractivity contribution < 1.29 is 10.2 Å². The summed E-state index contributed by atoms with van der Waals surface area (Å²) in [6, 6.07) is 11.7. The predicted molar refractivity (Wildman–Crippen MR) is 116 cm³/mol. The van der Waals surface area contributed by atoms with E-state index in [1.807, 2.05) is 43.6 Å². The van der Waals surface area contributed by atoms with Crippen LogP contribution in [0.25, 0.3) is 10.9 Å². The van der Waals surface area contributed by atoms with Crippen molar-refractivity contribution >= 4 is 22.3 Å². The molecule has 6 nitrogen and oxygen atoms in total. The van der Waals surface area contributed by atoms with Crippen LogP contribution in [0.5, 0.6) is 5.75 Å². The summed E-state index contributed by atoms with van der Waals surface area (Å²) in [6.45, 7) is 1.73. The van der Waals surface area contributed by atoms with E-state index in [0.29, 0.717) is 6.42 Å². The normalized spacial score (nSPS) is 23.9. The topological polar surface area (TPSA) is 66.0 Å². The largest absolute Gasteiger partial charge is 0.506 e. The van der Waals surface area contributed by atoms with E-state index in [1.54, 1.807) is 6.07 Å². The third-order valence-corrected chi connectivity index (χ3v) is 6.51. The van der Waals surface area contributed by atoms with Gasteiger partial charge in [-0.1, -0.05) is 18.2 Å². The maximum atomic E-state index is 11.7. The second-order valence-electron chi connectivity index (χ2n) is 8.64. The van der Waals surface area contributed by atoms with E-state index in [1.165, 1.54) is 5.56 Å². The molecule has 0 saturated carbocycles. The second kappa shape index (κ2) is 6.49. The molecule has 0 unspecified atom stereocenters. The molecule has 0 spiro atoms. The van der Waals surface area contributed by atoms with Crippen LogP contribution in [0.3, 0.4) is 0 Å². The smallest absolute Gasteiger partial charge is 0.140 e. The average molecular weight is 393 g/mol. The minimum atomic E-state index is -0.944. The molecule has 1 fully saturated rings. The molecule has 1 saturated heterocycles. The lowest BCUT2D eigenvalue weighted by atomic mass is 9.93. The number of fused-ring (bicyclic) bond motifs is 4. The fraction of sp³-hybridized carbons (Fsp3) is 0.391. The van der Waals surface area contributed by atoms with E-state index in [0.717, 1.165) is 47.4 Å². The number of phenols is 1. The number of aromatic amines is 1. The van der Waals surface area contributed by atoms with E-state index < -0.39 is 5.60 Å². The highest BCUT2D eigenvalue weighted by molar-refractivity contribution is 6.01. The average Bonchev–Trinajstić information content (AvgIpc) is 3.32. The molecule has 2 atom stereocenters. The number of phenolic OH excluding ortho intramolecular Hbond substituents is 1. The number of hydrogen-bond acceptors (Lipinski definition) is 5. The molecule has 2 aliphatic heterocycles. The molecule has 3 aromatic rings. The van der Waals surface area contributed by atoms with Crippen LogP contribution in [0.4, 0.5) is 11.4 Å². The van der Waals surface area contributed by atoms with Gasteiger partial charge in [0.25, 0.3) is 0 Å². The zero-order chi connectivity index (χ0) is 20.3. The van der Waals surface area contributed by atoms with Gasteiger partial charge in [-0.15, -0.1) is 0 Å². The minimum absolute atomic E-state index is 0.238. The molecule has 2 aromatic carbocycles. The summed E-state index contributed by atoms with van der Waals surface area (Å²) in [5.41, 5.74) is 3.92. The first-order valence-electron chi connectivity index (χ1n) is 10.2. The number of nitrogens with one attached hydrogen (secondary N) is 1. The molecule has 6 heteroatoms. The fourth-order valence-electron chi connectivity index (χ4n) is 5.12. The van der Waals surface area contributed by atoms with Crippen LogP contribution < -0.4 is 4.90 Å². The number of H-pyrrole nitrogens is 1. The summed E-state index contributed by atoms with van der Waals surface area (Å²) in [7, 11) is 6.18. The van der Waals surface area contributed by atoms with Crippen LogP contribution in [-0.2, 0) is 12.0 Å².